The number of nitro groups is 1. The summed E-state index contributed by atoms with van der Waals surface area (Å²) >= 11 is 0. The van der Waals surface area contributed by atoms with E-state index in [-0.39, 0.29) is 11.1 Å². The number of hydrogen-bond acceptors (Lipinski definition) is 7. The normalized spacial score (nSPS) is 12.3. The van der Waals surface area contributed by atoms with Crippen molar-refractivity contribution in [2.75, 3.05) is 6.26 Å². The molecule has 142 valence electrons. The molecule has 8 nitrogen and oxygen atoms in total. The van der Waals surface area contributed by atoms with Gasteiger partial charge in [-0.2, -0.15) is 0 Å². The highest BCUT2D eigenvalue weighted by Crippen LogP contribution is 2.25. The molecule has 0 aromatic heterocycles. The Hall–Kier alpha value is -3.14. The van der Waals surface area contributed by atoms with E-state index in [1.165, 1.54) is 19.1 Å². The first-order valence-corrected chi connectivity index (χ1v) is 9.39. The summed E-state index contributed by atoms with van der Waals surface area (Å²) in [6.45, 7) is 1.29. The predicted molar refractivity (Wildman–Crippen MR) is 91.8 cm³/mol. The fourth-order valence-corrected chi connectivity index (χ4v) is 3.06. The zero-order valence-corrected chi connectivity index (χ0v) is 15.0. The lowest BCUT2D eigenvalue weighted by Crippen LogP contribution is -2.24. The smallest absolute Gasteiger partial charge is 0.339 e. The fraction of sp³-hybridized carbons (Fsp3) is 0.176. The van der Waals surface area contributed by atoms with Crippen molar-refractivity contribution < 1.29 is 32.1 Å². The fourth-order valence-electron chi connectivity index (χ4n) is 2.23. The van der Waals surface area contributed by atoms with Crippen LogP contribution in [0.15, 0.2) is 47.4 Å². The summed E-state index contributed by atoms with van der Waals surface area (Å²) in [5.74, 6) is -2.17. The number of carbonyl (C=O) groups is 2. The van der Waals surface area contributed by atoms with E-state index in [1.807, 2.05) is 0 Å². The number of ketones is 1. The van der Waals surface area contributed by atoms with Crippen LogP contribution in [0.4, 0.5) is 10.1 Å². The van der Waals surface area contributed by atoms with Gasteiger partial charge in [0.15, 0.2) is 15.9 Å². The largest absolute Gasteiger partial charge is 0.451 e. The van der Waals surface area contributed by atoms with Crippen LogP contribution in [0.2, 0.25) is 0 Å². The molecule has 2 aromatic rings. The minimum Gasteiger partial charge on any atom is -0.451 e. The number of Topliss-reactive ketones (excluding diaryl/α,β-unsaturated/α-hetero) is 1. The molecule has 0 bridgehead atoms. The Morgan fingerprint density at radius 2 is 1.67 bits per heavy atom. The molecule has 0 fully saturated rings. The second kappa shape index (κ2) is 7.62. The molecule has 0 radical (unpaired) electrons. The van der Waals surface area contributed by atoms with E-state index in [4.69, 9.17) is 4.74 Å². The molecule has 0 aliphatic carbocycles. The molecule has 1 atom stereocenters. The molecule has 0 N–H and O–H groups in total. The molecule has 0 saturated heterocycles. The van der Waals surface area contributed by atoms with Crippen LogP contribution < -0.4 is 0 Å². The van der Waals surface area contributed by atoms with Crippen LogP contribution in [0.3, 0.4) is 0 Å². The lowest BCUT2D eigenvalue weighted by atomic mass is 10.1. The Morgan fingerprint density at radius 3 is 2.19 bits per heavy atom. The molecule has 0 aliphatic rings. The third kappa shape index (κ3) is 4.73. The highest BCUT2D eigenvalue weighted by molar-refractivity contribution is 7.90. The van der Waals surface area contributed by atoms with Gasteiger partial charge in [-0.3, -0.25) is 14.9 Å². The summed E-state index contributed by atoms with van der Waals surface area (Å²) < 4.78 is 41.1. The molecule has 0 unspecified atom stereocenters. The summed E-state index contributed by atoms with van der Waals surface area (Å²) in [6, 6.07) is 7.37. The van der Waals surface area contributed by atoms with E-state index in [2.05, 4.69) is 0 Å². The van der Waals surface area contributed by atoms with Crippen LogP contribution in [0.5, 0.6) is 0 Å². The third-order valence-corrected chi connectivity index (χ3v) is 4.72. The van der Waals surface area contributed by atoms with Crippen molar-refractivity contribution in [3.8, 4) is 0 Å². The third-order valence-electron chi connectivity index (χ3n) is 3.57. The molecule has 2 aromatic carbocycles. The first-order chi connectivity index (χ1) is 12.5. The van der Waals surface area contributed by atoms with Gasteiger partial charge in [0.1, 0.15) is 10.7 Å². The van der Waals surface area contributed by atoms with Gasteiger partial charge in [0.25, 0.3) is 5.69 Å². The van der Waals surface area contributed by atoms with Gasteiger partial charge in [-0.1, -0.05) is 0 Å². The van der Waals surface area contributed by atoms with Crippen LogP contribution in [0.25, 0.3) is 0 Å². The molecule has 0 aliphatic heterocycles. The molecule has 2 rings (SSSR count). The van der Waals surface area contributed by atoms with Crippen molar-refractivity contribution in [3.63, 3.8) is 0 Å². The topological polar surface area (TPSA) is 121 Å². The van der Waals surface area contributed by atoms with E-state index >= 15 is 0 Å². The van der Waals surface area contributed by atoms with E-state index < -0.39 is 49.0 Å². The first kappa shape index (κ1) is 20.2. The van der Waals surface area contributed by atoms with Gasteiger partial charge in [0.05, 0.1) is 10.5 Å². The van der Waals surface area contributed by atoms with Gasteiger partial charge in [0, 0.05) is 17.9 Å². The number of ether oxygens (including phenoxy) is 1. The molecule has 0 spiro atoms. The summed E-state index contributed by atoms with van der Waals surface area (Å²) in [5.41, 5.74) is -0.938. The Bertz CT molecular complexity index is 1020. The van der Waals surface area contributed by atoms with E-state index in [1.54, 1.807) is 0 Å². The number of nitro benzene ring substituents is 1. The van der Waals surface area contributed by atoms with Crippen molar-refractivity contribution in [1.82, 2.24) is 0 Å². The minimum absolute atomic E-state index is 0.120. The highest BCUT2D eigenvalue weighted by atomic mass is 32.2. The number of rotatable bonds is 6. The van der Waals surface area contributed by atoms with E-state index in [9.17, 15) is 32.5 Å². The van der Waals surface area contributed by atoms with Crippen molar-refractivity contribution in [2.45, 2.75) is 17.9 Å². The SMILES string of the molecule is C[C@H](OC(=O)c1ccc(S(C)(=O)=O)c([N+](=O)[O-])c1)C(=O)c1ccc(F)cc1. The van der Waals surface area contributed by atoms with Crippen LogP contribution in [0.1, 0.15) is 27.6 Å². The molecule has 0 amide bonds. The Balaban J connectivity index is 2.25. The van der Waals surface area contributed by atoms with Gasteiger partial charge >= 0.3 is 5.97 Å². The van der Waals surface area contributed by atoms with Gasteiger partial charge < -0.3 is 4.74 Å². The molecule has 10 heteroatoms. The maximum absolute atomic E-state index is 12.9. The van der Waals surface area contributed by atoms with Crippen LogP contribution in [-0.2, 0) is 14.6 Å². The predicted octanol–water partition coefficient (Wildman–Crippen LogP) is 2.57. The maximum atomic E-state index is 12.9. The van der Waals surface area contributed by atoms with Crippen LogP contribution >= 0.6 is 0 Å². The summed E-state index contributed by atoms with van der Waals surface area (Å²) in [6.07, 6.45) is -0.437. The highest BCUT2D eigenvalue weighted by Gasteiger charge is 2.26. The van der Waals surface area contributed by atoms with Crippen molar-refractivity contribution in [2.24, 2.45) is 0 Å². The lowest BCUT2D eigenvalue weighted by Gasteiger charge is -2.12. The van der Waals surface area contributed by atoms with Crippen molar-refractivity contribution in [1.29, 1.82) is 0 Å². The zero-order chi connectivity index (χ0) is 20.4. The second-order valence-electron chi connectivity index (χ2n) is 5.63. The second-order valence-corrected chi connectivity index (χ2v) is 7.61. The lowest BCUT2D eigenvalue weighted by molar-refractivity contribution is -0.387. The van der Waals surface area contributed by atoms with E-state index in [0.29, 0.717) is 0 Å². The molecule has 27 heavy (non-hydrogen) atoms. The first-order valence-electron chi connectivity index (χ1n) is 7.50. The molecular formula is C17H14FNO7S. The van der Waals surface area contributed by atoms with Crippen LogP contribution in [-0.4, -0.2) is 37.5 Å². The number of esters is 1. The Morgan fingerprint density at radius 1 is 1.11 bits per heavy atom. The maximum Gasteiger partial charge on any atom is 0.339 e. The summed E-state index contributed by atoms with van der Waals surface area (Å²) in [4.78, 5) is 34.0. The van der Waals surface area contributed by atoms with Gasteiger partial charge in [-0.05, 0) is 43.3 Å². The van der Waals surface area contributed by atoms with E-state index in [0.717, 1.165) is 36.6 Å². The van der Waals surface area contributed by atoms with Crippen LogP contribution in [0, 0.1) is 15.9 Å². The van der Waals surface area contributed by atoms with Gasteiger partial charge in [-0.15, -0.1) is 0 Å². The number of benzene rings is 2. The van der Waals surface area contributed by atoms with Crippen molar-refractivity contribution in [3.05, 3.63) is 69.5 Å². The number of hydrogen-bond donors (Lipinski definition) is 0. The zero-order valence-electron chi connectivity index (χ0n) is 14.2. The number of nitrogens with zero attached hydrogens (tertiary/aromatic N) is 1. The summed E-state index contributed by atoms with van der Waals surface area (Å²) in [7, 11) is -3.88. The van der Waals surface area contributed by atoms with Crippen molar-refractivity contribution >= 4 is 27.3 Å². The molecule has 0 heterocycles. The monoisotopic (exact) mass is 395 g/mol. The standard InChI is InChI=1S/C17H14FNO7S/c1-10(16(20)11-3-6-13(18)7-4-11)26-17(21)12-5-8-15(27(2,24)25)14(9-12)19(22)23/h3-10H,1-2H3/t10-/m0/s1. The van der Waals surface area contributed by atoms with Gasteiger partial charge in [-0.25, -0.2) is 17.6 Å². The number of sulfone groups is 1. The molecule has 0 saturated carbocycles. The minimum atomic E-state index is -3.88. The number of carbonyl (C=O) groups excluding carboxylic acids is 2. The average molecular weight is 395 g/mol. The Labute approximate surface area is 153 Å². The quantitative estimate of drug-likeness (QED) is 0.319. The molecular weight excluding hydrogens is 381 g/mol. The van der Waals surface area contributed by atoms with Gasteiger partial charge in [0.2, 0.25) is 5.78 Å². The number of halogens is 1. The summed E-state index contributed by atoms with van der Waals surface area (Å²) in [5, 5.41) is 11.1. The Kier molecular flexibility index (Phi) is 5.69. The average Bonchev–Trinajstić information content (AvgIpc) is 2.60.